The number of alkyl halides is 1. The molecule has 1 saturated carbocycles. The van der Waals surface area contributed by atoms with Crippen LogP contribution in [0.25, 0.3) is 0 Å². The minimum atomic E-state index is -0.0455. The van der Waals surface area contributed by atoms with Gasteiger partial charge in [-0.2, -0.15) is 0 Å². The van der Waals surface area contributed by atoms with Crippen LogP contribution < -0.4 is 4.74 Å². The van der Waals surface area contributed by atoms with Gasteiger partial charge in [0.25, 0.3) is 0 Å². The molecule has 1 fully saturated rings. The van der Waals surface area contributed by atoms with Crippen LogP contribution in [0.1, 0.15) is 17.5 Å². The number of rotatable bonds is 6. The molecule has 3 unspecified atom stereocenters. The first kappa shape index (κ1) is 14.6. The van der Waals surface area contributed by atoms with Gasteiger partial charge in [-0.25, -0.2) is 0 Å². The summed E-state index contributed by atoms with van der Waals surface area (Å²) in [6.45, 7) is 5.24. The zero-order valence-electron chi connectivity index (χ0n) is 11.7. The average Bonchev–Trinajstić information content (AvgIpc) is 2.37. The molecular weight excluding hydrogens is 264 g/mol. The Morgan fingerprint density at radius 2 is 1.89 bits per heavy atom. The van der Waals surface area contributed by atoms with E-state index in [0.717, 1.165) is 23.3 Å². The van der Waals surface area contributed by atoms with Crippen molar-refractivity contribution >= 4 is 11.6 Å². The maximum Gasteiger partial charge on any atom is 0.128 e. The molecule has 0 radical (unpaired) electrons. The van der Waals surface area contributed by atoms with Crippen molar-refractivity contribution in [2.75, 3.05) is 20.3 Å². The smallest absolute Gasteiger partial charge is 0.128 e. The molecule has 2 rings (SSSR count). The van der Waals surface area contributed by atoms with Gasteiger partial charge in [0.15, 0.2) is 0 Å². The van der Waals surface area contributed by atoms with E-state index in [1.54, 1.807) is 7.11 Å². The largest absolute Gasteiger partial charge is 0.487 e. The first-order chi connectivity index (χ1) is 9.13. The Bertz CT molecular complexity index is 402. The van der Waals surface area contributed by atoms with E-state index in [9.17, 15) is 0 Å². The van der Waals surface area contributed by atoms with Crippen molar-refractivity contribution in [3.8, 4) is 5.75 Å². The number of benzene rings is 1. The molecule has 0 aliphatic heterocycles. The van der Waals surface area contributed by atoms with Crippen molar-refractivity contribution in [1.29, 1.82) is 0 Å². The van der Waals surface area contributed by atoms with E-state index in [1.807, 2.05) is 6.07 Å². The van der Waals surface area contributed by atoms with E-state index in [4.69, 9.17) is 25.8 Å². The highest BCUT2D eigenvalue weighted by Crippen LogP contribution is 2.35. The zero-order chi connectivity index (χ0) is 13.8. The molecule has 0 N–H and O–H groups in total. The van der Waals surface area contributed by atoms with Crippen molar-refractivity contribution < 1.29 is 14.2 Å². The number of hydrogen-bond acceptors (Lipinski definition) is 3. The van der Waals surface area contributed by atoms with E-state index in [2.05, 4.69) is 26.0 Å². The Kier molecular flexibility index (Phi) is 5.08. The second kappa shape index (κ2) is 6.60. The van der Waals surface area contributed by atoms with E-state index >= 15 is 0 Å². The first-order valence-electron chi connectivity index (χ1n) is 6.61. The molecule has 4 heteroatoms. The molecule has 0 heterocycles. The molecule has 3 nitrogen and oxygen atoms in total. The van der Waals surface area contributed by atoms with Crippen molar-refractivity contribution in [1.82, 2.24) is 0 Å². The summed E-state index contributed by atoms with van der Waals surface area (Å²) in [5.74, 6) is 0.955. The predicted octanol–water partition coefficient (Wildman–Crippen LogP) is 3.09. The van der Waals surface area contributed by atoms with Crippen LogP contribution >= 0.6 is 11.6 Å². The molecule has 106 valence electrons. The van der Waals surface area contributed by atoms with Gasteiger partial charge in [0.2, 0.25) is 0 Å². The summed E-state index contributed by atoms with van der Waals surface area (Å²) in [5.41, 5.74) is 2.29. The van der Waals surface area contributed by atoms with Gasteiger partial charge >= 0.3 is 0 Å². The highest BCUT2D eigenvalue weighted by Gasteiger charge is 2.43. The van der Waals surface area contributed by atoms with Crippen LogP contribution in [0.3, 0.4) is 0 Å². The minimum absolute atomic E-state index is 0.0335. The number of methoxy groups -OCH3 is 1. The van der Waals surface area contributed by atoms with Gasteiger partial charge in [-0.1, -0.05) is 18.2 Å². The van der Waals surface area contributed by atoms with Gasteiger partial charge < -0.3 is 14.2 Å². The summed E-state index contributed by atoms with van der Waals surface area (Å²) in [6.07, 6.45) is 0.822. The van der Waals surface area contributed by atoms with E-state index in [0.29, 0.717) is 13.2 Å². The van der Waals surface area contributed by atoms with Crippen LogP contribution in [-0.2, 0) is 9.47 Å². The third-order valence-electron chi connectivity index (χ3n) is 3.46. The maximum atomic E-state index is 6.19. The lowest BCUT2D eigenvalue weighted by atomic mass is 9.90. The van der Waals surface area contributed by atoms with E-state index in [-0.39, 0.29) is 17.6 Å². The molecular formula is C15H21ClO3. The molecule has 1 aromatic carbocycles. The Balaban J connectivity index is 1.95. The van der Waals surface area contributed by atoms with Crippen LogP contribution in [0, 0.1) is 13.8 Å². The van der Waals surface area contributed by atoms with Crippen molar-refractivity contribution in [2.45, 2.75) is 37.9 Å². The second-order valence-electron chi connectivity index (χ2n) is 4.96. The van der Waals surface area contributed by atoms with E-state index < -0.39 is 0 Å². The highest BCUT2D eigenvalue weighted by molar-refractivity contribution is 6.21. The number of para-hydroxylation sites is 1. The van der Waals surface area contributed by atoms with E-state index in [1.165, 1.54) is 0 Å². The number of aryl methyl sites for hydroxylation is 2. The minimum Gasteiger partial charge on any atom is -0.487 e. The molecule has 1 aliphatic rings. The lowest BCUT2D eigenvalue weighted by molar-refractivity contribution is -0.0901. The van der Waals surface area contributed by atoms with Crippen LogP contribution in [-0.4, -0.2) is 37.9 Å². The lowest BCUT2D eigenvalue weighted by Gasteiger charge is -2.41. The molecule has 0 spiro atoms. The third kappa shape index (κ3) is 3.41. The van der Waals surface area contributed by atoms with Gasteiger partial charge in [-0.3, -0.25) is 0 Å². The first-order valence-corrected chi connectivity index (χ1v) is 7.04. The molecule has 0 bridgehead atoms. The summed E-state index contributed by atoms with van der Waals surface area (Å²) in [4.78, 5) is 0. The van der Waals surface area contributed by atoms with Crippen molar-refractivity contribution in [2.24, 2.45) is 0 Å². The summed E-state index contributed by atoms with van der Waals surface area (Å²) in [5, 5.41) is 0.0335. The SMILES string of the molecule is COCCOC1C(Cl)CC1Oc1c(C)cccc1C. The number of hydrogen-bond donors (Lipinski definition) is 0. The fourth-order valence-corrected chi connectivity index (χ4v) is 2.67. The molecule has 3 atom stereocenters. The normalized spacial score (nSPS) is 26.0. The summed E-state index contributed by atoms with van der Waals surface area (Å²) in [6, 6.07) is 6.15. The van der Waals surface area contributed by atoms with Gasteiger partial charge in [-0.15, -0.1) is 11.6 Å². The molecule has 0 aromatic heterocycles. The second-order valence-corrected chi connectivity index (χ2v) is 5.52. The molecule has 1 aliphatic carbocycles. The molecule has 0 saturated heterocycles. The zero-order valence-corrected chi connectivity index (χ0v) is 12.4. The van der Waals surface area contributed by atoms with Crippen LogP contribution in [0.5, 0.6) is 5.75 Å². The summed E-state index contributed by atoms with van der Waals surface area (Å²) < 4.78 is 16.8. The fourth-order valence-electron chi connectivity index (χ4n) is 2.26. The van der Waals surface area contributed by atoms with Gasteiger partial charge in [0.05, 0.1) is 18.6 Å². The van der Waals surface area contributed by atoms with Crippen molar-refractivity contribution in [3.63, 3.8) is 0 Å². The van der Waals surface area contributed by atoms with Gasteiger partial charge in [-0.05, 0) is 25.0 Å². The number of ether oxygens (including phenoxy) is 3. The predicted molar refractivity (Wildman–Crippen MR) is 76.2 cm³/mol. The van der Waals surface area contributed by atoms with Gasteiger partial charge in [0.1, 0.15) is 18.0 Å². The standard InChI is InChI=1S/C15H21ClO3/c1-10-5-4-6-11(2)14(10)19-13-9-12(16)15(13)18-8-7-17-3/h4-6,12-13,15H,7-9H2,1-3H3. The third-order valence-corrected chi connectivity index (χ3v) is 3.88. The van der Waals surface area contributed by atoms with Crippen LogP contribution in [0.4, 0.5) is 0 Å². The quantitative estimate of drug-likeness (QED) is 0.593. The Labute approximate surface area is 119 Å². The summed E-state index contributed by atoms with van der Waals surface area (Å²) in [7, 11) is 1.66. The topological polar surface area (TPSA) is 27.7 Å². The van der Waals surface area contributed by atoms with Gasteiger partial charge in [0, 0.05) is 13.5 Å². The van der Waals surface area contributed by atoms with Crippen LogP contribution in [0.2, 0.25) is 0 Å². The fraction of sp³-hybridized carbons (Fsp3) is 0.600. The number of halogens is 1. The Hall–Kier alpha value is -0.770. The monoisotopic (exact) mass is 284 g/mol. The Morgan fingerprint density at radius 1 is 1.21 bits per heavy atom. The molecule has 1 aromatic rings. The van der Waals surface area contributed by atoms with Crippen LogP contribution in [0.15, 0.2) is 18.2 Å². The average molecular weight is 285 g/mol. The highest BCUT2D eigenvalue weighted by atomic mass is 35.5. The lowest BCUT2D eigenvalue weighted by Crippen LogP contribution is -2.53. The molecule has 19 heavy (non-hydrogen) atoms. The summed E-state index contributed by atoms with van der Waals surface area (Å²) >= 11 is 6.19. The van der Waals surface area contributed by atoms with Crippen molar-refractivity contribution in [3.05, 3.63) is 29.3 Å². The molecule has 0 amide bonds. The maximum absolute atomic E-state index is 6.19. The Morgan fingerprint density at radius 3 is 2.47 bits per heavy atom.